The molecule has 0 aromatic rings. The Balaban J connectivity index is 3.52. The number of nitrogens with two attached hydrogens (primary N) is 1. The molecule has 3 heteroatoms. The van der Waals surface area contributed by atoms with Gasteiger partial charge >= 0.3 is 0 Å². The van der Waals surface area contributed by atoms with Crippen LogP contribution in [0.2, 0.25) is 0 Å². The van der Waals surface area contributed by atoms with E-state index in [1.165, 1.54) is 0 Å². The molecule has 0 radical (unpaired) electrons. The minimum absolute atomic E-state index is 0.0648. The van der Waals surface area contributed by atoms with Gasteiger partial charge in [-0.2, -0.15) is 0 Å². The summed E-state index contributed by atoms with van der Waals surface area (Å²) in [6.45, 7) is 2.25. The normalized spacial score (nSPS) is 13.4. The van der Waals surface area contributed by atoms with Crippen molar-refractivity contribution in [2.75, 3.05) is 13.6 Å². The first-order valence-electron chi connectivity index (χ1n) is 2.64. The molecular weight excluding hydrogens is 102 g/mol. The maximum Gasteiger partial charge on any atom is 0.0567 e. The smallest absolute Gasteiger partial charge is 0.0567 e. The van der Waals surface area contributed by atoms with Gasteiger partial charge in [0.05, 0.1) is 6.04 Å². The summed E-state index contributed by atoms with van der Waals surface area (Å²) in [5, 5.41) is 10.0. The van der Waals surface area contributed by atoms with Crippen LogP contribution in [-0.4, -0.2) is 25.3 Å². The topological polar surface area (TPSA) is 61.9 Å². The van der Waals surface area contributed by atoms with Crippen molar-refractivity contribution in [2.45, 2.75) is 13.0 Å². The summed E-state index contributed by atoms with van der Waals surface area (Å²) in [6, 6.07) is 0.0648. The minimum Gasteiger partial charge on any atom is -0.329 e. The standard InChI is InChI=1S/C5H13N3/c1-4(7)5(3-6)8-2/h5,7-8H,3,6H2,1-2H3. The zero-order valence-corrected chi connectivity index (χ0v) is 5.36. The van der Waals surface area contributed by atoms with Gasteiger partial charge in [0.1, 0.15) is 0 Å². The molecule has 1 atom stereocenters. The van der Waals surface area contributed by atoms with Crippen LogP contribution < -0.4 is 11.1 Å². The highest BCUT2D eigenvalue weighted by Crippen LogP contribution is 1.78. The summed E-state index contributed by atoms with van der Waals surface area (Å²) in [6.07, 6.45) is 0. The largest absolute Gasteiger partial charge is 0.329 e. The molecule has 8 heavy (non-hydrogen) atoms. The van der Waals surface area contributed by atoms with E-state index in [2.05, 4.69) is 5.32 Å². The fraction of sp³-hybridized carbons (Fsp3) is 0.800. The molecule has 0 aliphatic heterocycles. The molecule has 0 heterocycles. The van der Waals surface area contributed by atoms with E-state index < -0.39 is 0 Å². The van der Waals surface area contributed by atoms with Crippen LogP contribution in [0.1, 0.15) is 6.92 Å². The third kappa shape index (κ3) is 2.04. The second kappa shape index (κ2) is 3.57. The molecule has 0 bridgehead atoms. The first-order chi connectivity index (χ1) is 3.72. The highest BCUT2D eigenvalue weighted by Gasteiger charge is 2.02. The van der Waals surface area contributed by atoms with Crippen molar-refractivity contribution in [1.82, 2.24) is 5.32 Å². The molecule has 0 fully saturated rings. The van der Waals surface area contributed by atoms with Crippen molar-refractivity contribution in [1.29, 1.82) is 5.41 Å². The van der Waals surface area contributed by atoms with E-state index in [1.54, 1.807) is 14.0 Å². The third-order valence-corrected chi connectivity index (χ3v) is 1.11. The Morgan fingerprint density at radius 1 is 1.88 bits per heavy atom. The average Bonchev–Trinajstić information content (AvgIpc) is 1.69. The van der Waals surface area contributed by atoms with E-state index in [4.69, 9.17) is 11.1 Å². The van der Waals surface area contributed by atoms with Gasteiger partial charge in [-0.15, -0.1) is 0 Å². The lowest BCUT2D eigenvalue weighted by Gasteiger charge is -2.09. The molecule has 0 spiro atoms. The van der Waals surface area contributed by atoms with Crippen molar-refractivity contribution < 1.29 is 0 Å². The van der Waals surface area contributed by atoms with E-state index in [1.807, 2.05) is 0 Å². The average molecular weight is 115 g/mol. The van der Waals surface area contributed by atoms with Crippen LogP contribution in [0.4, 0.5) is 0 Å². The summed E-state index contributed by atoms with van der Waals surface area (Å²) < 4.78 is 0. The fourth-order valence-electron chi connectivity index (χ4n) is 0.511. The van der Waals surface area contributed by atoms with Crippen LogP contribution in [0.25, 0.3) is 0 Å². The van der Waals surface area contributed by atoms with Gasteiger partial charge in [-0.1, -0.05) is 0 Å². The molecule has 0 aliphatic carbocycles. The second-order valence-electron chi connectivity index (χ2n) is 1.76. The highest BCUT2D eigenvalue weighted by atomic mass is 14.9. The lowest BCUT2D eigenvalue weighted by Crippen LogP contribution is -2.38. The monoisotopic (exact) mass is 115 g/mol. The first-order valence-corrected chi connectivity index (χ1v) is 2.64. The molecule has 4 N–H and O–H groups in total. The number of nitrogens with one attached hydrogen (secondary N) is 2. The van der Waals surface area contributed by atoms with Crippen molar-refractivity contribution in [3.05, 3.63) is 0 Å². The number of hydrogen-bond donors (Lipinski definition) is 3. The molecule has 48 valence electrons. The van der Waals surface area contributed by atoms with Crippen LogP contribution in [-0.2, 0) is 0 Å². The van der Waals surface area contributed by atoms with Crippen LogP contribution in [0, 0.1) is 5.41 Å². The predicted octanol–water partition coefficient (Wildman–Crippen LogP) is -0.427. The molecule has 0 rings (SSSR count). The second-order valence-corrected chi connectivity index (χ2v) is 1.76. The Bertz CT molecular complexity index is 75.7. The third-order valence-electron chi connectivity index (χ3n) is 1.11. The number of rotatable bonds is 3. The van der Waals surface area contributed by atoms with E-state index in [0.717, 1.165) is 0 Å². The SMILES string of the molecule is CNC(CN)C(C)=N. The molecular formula is C5H13N3. The highest BCUT2D eigenvalue weighted by molar-refractivity contribution is 5.84. The maximum atomic E-state index is 7.11. The Labute approximate surface area is 49.8 Å². The van der Waals surface area contributed by atoms with Crippen LogP contribution >= 0.6 is 0 Å². The van der Waals surface area contributed by atoms with Gasteiger partial charge in [-0.25, -0.2) is 0 Å². The minimum atomic E-state index is 0.0648. The molecule has 0 aliphatic rings. The Kier molecular flexibility index (Phi) is 3.39. The summed E-state index contributed by atoms with van der Waals surface area (Å²) in [4.78, 5) is 0. The van der Waals surface area contributed by atoms with E-state index in [0.29, 0.717) is 12.3 Å². The lowest BCUT2D eigenvalue weighted by molar-refractivity contribution is 0.702. The Morgan fingerprint density at radius 2 is 2.38 bits per heavy atom. The van der Waals surface area contributed by atoms with Gasteiger partial charge in [0, 0.05) is 12.3 Å². The van der Waals surface area contributed by atoms with Gasteiger partial charge in [0.15, 0.2) is 0 Å². The number of hydrogen-bond acceptors (Lipinski definition) is 3. The van der Waals surface area contributed by atoms with Gasteiger partial charge in [0.2, 0.25) is 0 Å². The molecule has 0 saturated carbocycles. The first kappa shape index (κ1) is 7.59. The van der Waals surface area contributed by atoms with Gasteiger partial charge < -0.3 is 16.5 Å². The van der Waals surface area contributed by atoms with Crippen molar-refractivity contribution in [3.63, 3.8) is 0 Å². The zero-order chi connectivity index (χ0) is 6.57. The van der Waals surface area contributed by atoms with E-state index in [-0.39, 0.29) is 6.04 Å². The molecule has 3 nitrogen and oxygen atoms in total. The van der Waals surface area contributed by atoms with Crippen LogP contribution in [0.15, 0.2) is 0 Å². The summed E-state index contributed by atoms with van der Waals surface area (Å²) in [7, 11) is 1.80. The van der Waals surface area contributed by atoms with E-state index in [9.17, 15) is 0 Å². The molecule has 0 amide bonds. The van der Waals surface area contributed by atoms with E-state index >= 15 is 0 Å². The Morgan fingerprint density at radius 3 is 2.38 bits per heavy atom. The summed E-state index contributed by atoms with van der Waals surface area (Å²) in [5.41, 5.74) is 5.87. The zero-order valence-electron chi connectivity index (χ0n) is 5.36. The lowest BCUT2D eigenvalue weighted by atomic mass is 10.2. The van der Waals surface area contributed by atoms with Gasteiger partial charge in [-0.3, -0.25) is 0 Å². The summed E-state index contributed by atoms with van der Waals surface area (Å²) >= 11 is 0. The van der Waals surface area contributed by atoms with Crippen molar-refractivity contribution >= 4 is 5.71 Å². The quantitative estimate of drug-likeness (QED) is 0.437. The summed E-state index contributed by atoms with van der Waals surface area (Å²) in [5.74, 6) is 0. The van der Waals surface area contributed by atoms with Crippen LogP contribution in [0.3, 0.4) is 0 Å². The molecule has 1 unspecified atom stereocenters. The van der Waals surface area contributed by atoms with Gasteiger partial charge in [0.25, 0.3) is 0 Å². The maximum absolute atomic E-state index is 7.11. The molecule has 0 aromatic carbocycles. The fourth-order valence-corrected chi connectivity index (χ4v) is 0.511. The Hall–Kier alpha value is -0.410. The van der Waals surface area contributed by atoms with Crippen molar-refractivity contribution in [2.24, 2.45) is 5.73 Å². The predicted molar refractivity (Wildman–Crippen MR) is 35.3 cm³/mol. The molecule has 0 saturated heterocycles. The number of likely N-dealkylation sites (N-methyl/N-ethyl adjacent to an activating group) is 1. The van der Waals surface area contributed by atoms with Gasteiger partial charge in [-0.05, 0) is 14.0 Å². The van der Waals surface area contributed by atoms with Crippen molar-refractivity contribution in [3.8, 4) is 0 Å². The molecule has 0 aromatic heterocycles. The van der Waals surface area contributed by atoms with Crippen LogP contribution in [0.5, 0.6) is 0 Å².